The number of aryl methyl sites for hydroxylation is 1. The van der Waals surface area contributed by atoms with Crippen LogP contribution in [0.15, 0.2) is 41.1 Å². The molecular weight excluding hydrogens is 328 g/mol. The number of nitrogens with zero attached hydrogens (tertiary/aromatic N) is 4. The molecule has 0 N–H and O–H groups in total. The summed E-state index contributed by atoms with van der Waals surface area (Å²) in [5.74, 6) is 0.144. The molecule has 1 atom stereocenters. The van der Waals surface area contributed by atoms with Gasteiger partial charge in [0.05, 0.1) is 23.7 Å². The number of hydrogen-bond donors (Lipinski definition) is 0. The van der Waals surface area contributed by atoms with E-state index in [0.717, 1.165) is 17.6 Å². The molecule has 1 aromatic carbocycles. The number of oxazole rings is 1. The lowest BCUT2D eigenvalue weighted by molar-refractivity contribution is 0.517. The lowest BCUT2D eigenvalue weighted by atomic mass is 10.1. The van der Waals surface area contributed by atoms with Crippen LogP contribution >= 0.6 is 0 Å². The van der Waals surface area contributed by atoms with Gasteiger partial charge >= 0.3 is 0 Å². The summed E-state index contributed by atoms with van der Waals surface area (Å²) in [7, 11) is -3.10. The zero-order valence-electron chi connectivity index (χ0n) is 13.3. The molecule has 1 unspecified atom stereocenters. The fraction of sp³-hybridized carbons (Fsp3) is 0.375. The Morgan fingerprint density at radius 1 is 1.33 bits per heavy atom. The average molecular weight is 346 g/mol. The van der Waals surface area contributed by atoms with E-state index in [2.05, 4.69) is 10.1 Å². The summed E-state index contributed by atoms with van der Waals surface area (Å²) in [6.45, 7) is 3.09. The molecule has 0 spiro atoms. The molecule has 0 amide bonds. The van der Waals surface area contributed by atoms with Crippen LogP contribution in [0.4, 0.5) is 6.01 Å². The van der Waals surface area contributed by atoms with Crippen LogP contribution in [0.2, 0.25) is 0 Å². The summed E-state index contributed by atoms with van der Waals surface area (Å²) in [6.07, 6.45) is 3.62. The highest BCUT2D eigenvalue weighted by Gasteiger charge is 2.35. The highest BCUT2D eigenvalue weighted by molar-refractivity contribution is 7.91. The first-order chi connectivity index (χ1) is 11.6. The molecule has 2 aromatic heterocycles. The van der Waals surface area contributed by atoms with Crippen LogP contribution in [0.1, 0.15) is 18.5 Å². The lowest BCUT2D eigenvalue weighted by Gasteiger charge is -2.33. The maximum atomic E-state index is 12.2. The summed E-state index contributed by atoms with van der Waals surface area (Å²) >= 11 is 0. The minimum atomic E-state index is -3.10. The number of aromatic nitrogens is 3. The number of benzene rings is 1. The molecule has 0 bridgehead atoms. The largest absolute Gasteiger partial charge is 0.423 e. The first-order valence-electron chi connectivity index (χ1n) is 7.91. The maximum absolute atomic E-state index is 12.2. The summed E-state index contributed by atoms with van der Waals surface area (Å²) in [5, 5.41) is 4.27. The van der Waals surface area contributed by atoms with Crippen molar-refractivity contribution in [2.45, 2.75) is 19.5 Å². The first kappa shape index (κ1) is 15.2. The number of sulfone groups is 1. The van der Waals surface area contributed by atoms with Gasteiger partial charge in [0, 0.05) is 24.8 Å². The quantitative estimate of drug-likeness (QED) is 0.722. The molecule has 126 valence electrons. The Hall–Kier alpha value is -2.35. The third-order valence-electron chi connectivity index (χ3n) is 4.32. The van der Waals surface area contributed by atoms with Crippen molar-refractivity contribution in [3.8, 4) is 0 Å². The maximum Gasteiger partial charge on any atom is 0.298 e. The Morgan fingerprint density at radius 2 is 2.17 bits per heavy atom. The van der Waals surface area contributed by atoms with Gasteiger partial charge in [0.25, 0.3) is 6.01 Å². The van der Waals surface area contributed by atoms with Crippen LogP contribution in [-0.4, -0.2) is 41.2 Å². The second-order valence-corrected chi connectivity index (χ2v) is 8.15. The number of anilines is 1. The highest BCUT2D eigenvalue weighted by atomic mass is 32.2. The van der Waals surface area contributed by atoms with Gasteiger partial charge in [0.2, 0.25) is 0 Å². The molecule has 3 heterocycles. The smallest absolute Gasteiger partial charge is 0.298 e. The van der Waals surface area contributed by atoms with E-state index in [1.165, 1.54) is 0 Å². The van der Waals surface area contributed by atoms with E-state index in [1.54, 1.807) is 10.9 Å². The van der Waals surface area contributed by atoms with Gasteiger partial charge in [-0.15, -0.1) is 0 Å². The molecule has 1 aliphatic rings. The van der Waals surface area contributed by atoms with Gasteiger partial charge in [-0.2, -0.15) is 10.1 Å². The Bertz CT molecular complexity index is 943. The van der Waals surface area contributed by atoms with E-state index in [9.17, 15) is 8.42 Å². The fourth-order valence-corrected chi connectivity index (χ4v) is 4.51. The van der Waals surface area contributed by atoms with E-state index in [-0.39, 0.29) is 17.5 Å². The molecule has 24 heavy (non-hydrogen) atoms. The second kappa shape index (κ2) is 5.62. The number of fused-ring (bicyclic) bond motifs is 1. The van der Waals surface area contributed by atoms with Crippen LogP contribution in [0, 0.1) is 0 Å². The third kappa shape index (κ3) is 2.66. The number of hydrogen-bond acceptors (Lipinski definition) is 6. The van der Waals surface area contributed by atoms with Crippen molar-refractivity contribution in [1.82, 2.24) is 14.8 Å². The Labute approximate surface area is 139 Å². The van der Waals surface area contributed by atoms with Crippen molar-refractivity contribution in [3.05, 3.63) is 42.2 Å². The van der Waals surface area contributed by atoms with Gasteiger partial charge in [-0.25, -0.2) is 8.42 Å². The molecule has 1 saturated heterocycles. The van der Waals surface area contributed by atoms with Gasteiger partial charge in [0.1, 0.15) is 5.52 Å². The molecule has 3 aromatic rings. The zero-order chi connectivity index (χ0) is 16.7. The summed E-state index contributed by atoms with van der Waals surface area (Å²) in [6, 6.07) is 7.65. The fourth-order valence-electron chi connectivity index (χ4n) is 3.02. The molecule has 4 rings (SSSR count). The minimum Gasteiger partial charge on any atom is -0.423 e. The zero-order valence-corrected chi connectivity index (χ0v) is 14.1. The molecule has 8 heteroatoms. The second-order valence-electron chi connectivity index (χ2n) is 5.92. The predicted octanol–water partition coefficient (Wildman–Crippen LogP) is 2.02. The molecule has 1 aliphatic heterocycles. The van der Waals surface area contributed by atoms with Crippen molar-refractivity contribution in [1.29, 1.82) is 0 Å². The van der Waals surface area contributed by atoms with Gasteiger partial charge in [-0.1, -0.05) is 12.1 Å². The van der Waals surface area contributed by atoms with E-state index >= 15 is 0 Å². The Kier molecular flexibility index (Phi) is 3.56. The molecule has 0 saturated carbocycles. The van der Waals surface area contributed by atoms with Gasteiger partial charge < -0.3 is 9.32 Å². The summed E-state index contributed by atoms with van der Waals surface area (Å²) in [4.78, 5) is 6.45. The van der Waals surface area contributed by atoms with Gasteiger partial charge in [-0.05, 0) is 19.1 Å². The first-order valence-corrected chi connectivity index (χ1v) is 9.73. The monoisotopic (exact) mass is 346 g/mol. The normalized spacial score (nSPS) is 20.5. The molecule has 1 fully saturated rings. The van der Waals surface area contributed by atoms with Crippen molar-refractivity contribution in [2.75, 3.05) is 23.0 Å². The van der Waals surface area contributed by atoms with E-state index in [1.807, 2.05) is 42.3 Å². The lowest BCUT2D eigenvalue weighted by Crippen LogP contribution is -2.43. The topological polar surface area (TPSA) is 81.2 Å². The standard InChI is InChI=1S/C16H18N4O3S/c1-2-19-10-12(9-17-19)14-11-24(21,22)8-7-20(14)16-18-13-5-3-4-6-15(13)23-16/h3-6,9-10,14H,2,7-8,11H2,1H3. The van der Waals surface area contributed by atoms with Crippen LogP contribution < -0.4 is 4.90 Å². The number of para-hydroxylation sites is 2. The summed E-state index contributed by atoms with van der Waals surface area (Å²) < 4.78 is 32.0. The summed E-state index contributed by atoms with van der Waals surface area (Å²) in [5.41, 5.74) is 2.33. The van der Waals surface area contributed by atoms with Crippen molar-refractivity contribution in [3.63, 3.8) is 0 Å². The van der Waals surface area contributed by atoms with Crippen LogP contribution in [0.25, 0.3) is 11.1 Å². The van der Waals surface area contributed by atoms with Crippen molar-refractivity contribution < 1.29 is 12.8 Å². The SMILES string of the molecule is CCn1cc(C2CS(=O)(=O)CCN2c2nc3ccccc3o2)cn1. The Balaban J connectivity index is 1.76. The Morgan fingerprint density at radius 3 is 2.92 bits per heavy atom. The van der Waals surface area contributed by atoms with E-state index in [4.69, 9.17) is 4.42 Å². The molecule has 0 radical (unpaired) electrons. The van der Waals surface area contributed by atoms with Crippen molar-refractivity contribution >= 4 is 27.0 Å². The predicted molar refractivity (Wildman–Crippen MR) is 90.7 cm³/mol. The third-order valence-corrected chi connectivity index (χ3v) is 5.95. The molecule has 0 aliphatic carbocycles. The van der Waals surface area contributed by atoms with Gasteiger partial charge in [0.15, 0.2) is 15.4 Å². The molecule has 7 nitrogen and oxygen atoms in total. The molecular formula is C16H18N4O3S. The van der Waals surface area contributed by atoms with Crippen molar-refractivity contribution in [2.24, 2.45) is 0 Å². The van der Waals surface area contributed by atoms with Crippen LogP contribution in [0.5, 0.6) is 0 Å². The minimum absolute atomic E-state index is 0.0428. The highest BCUT2D eigenvalue weighted by Crippen LogP contribution is 2.32. The number of rotatable bonds is 3. The van der Waals surface area contributed by atoms with Crippen LogP contribution in [-0.2, 0) is 16.4 Å². The van der Waals surface area contributed by atoms with E-state index in [0.29, 0.717) is 18.1 Å². The average Bonchev–Trinajstić information content (AvgIpc) is 3.20. The van der Waals surface area contributed by atoms with E-state index < -0.39 is 9.84 Å². The van der Waals surface area contributed by atoms with Crippen LogP contribution in [0.3, 0.4) is 0 Å². The van der Waals surface area contributed by atoms with Gasteiger partial charge in [-0.3, -0.25) is 4.68 Å².